The van der Waals surface area contributed by atoms with E-state index in [1.54, 1.807) is 0 Å². The molecule has 0 radical (unpaired) electrons. The van der Waals surface area contributed by atoms with Gasteiger partial charge in [-0.1, -0.05) is 44.6 Å². The molecule has 134 valence electrons. The first-order valence-corrected chi connectivity index (χ1v) is 9.53. The number of allylic oxidation sites excluding steroid dienone is 3. The van der Waals surface area contributed by atoms with Crippen molar-refractivity contribution in [2.24, 2.45) is 17.3 Å². The second-order valence-electron chi connectivity index (χ2n) is 8.29. The quantitative estimate of drug-likeness (QED) is 0.673. The first-order valence-electron chi connectivity index (χ1n) is 9.53. The monoisotopic (exact) mass is 332 g/mol. The molecule has 0 bridgehead atoms. The molecule has 3 nitrogen and oxygen atoms in total. The average Bonchev–Trinajstić information content (AvgIpc) is 2.89. The van der Waals surface area contributed by atoms with Crippen LogP contribution in [0.2, 0.25) is 0 Å². The van der Waals surface area contributed by atoms with Crippen molar-refractivity contribution >= 4 is 0 Å². The van der Waals surface area contributed by atoms with Crippen LogP contribution in [0.3, 0.4) is 0 Å². The Morgan fingerprint density at radius 1 is 1.17 bits per heavy atom. The summed E-state index contributed by atoms with van der Waals surface area (Å²) in [4.78, 5) is 0. The first-order chi connectivity index (χ1) is 11.3. The van der Waals surface area contributed by atoms with E-state index in [1.807, 2.05) is 6.08 Å². The Morgan fingerprint density at radius 3 is 2.62 bits per heavy atom. The van der Waals surface area contributed by atoms with Gasteiger partial charge in [-0.05, 0) is 67.8 Å². The lowest BCUT2D eigenvalue weighted by Crippen LogP contribution is -2.47. The van der Waals surface area contributed by atoms with Crippen LogP contribution in [0, 0.1) is 17.3 Å². The maximum absolute atomic E-state index is 10.0. The van der Waals surface area contributed by atoms with Gasteiger partial charge in [-0.2, -0.15) is 0 Å². The molecule has 0 aromatic carbocycles. The van der Waals surface area contributed by atoms with Crippen molar-refractivity contribution < 1.29 is 15.3 Å². The molecule has 0 spiro atoms. The Kier molecular flexibility index (Phi) is 4.80. The van der Waals surface area contributed by atoms with E-state index >= 15 is 0 Å². The Balaban J connectivity index is 1.83. The van der Waals surface area contributed by atoms with Gasteiger partial charge in [-0.25, -0.2) is 0 Å². The van der Waals surface area contributed by atoms with Crippen LogP contribution in [0.25, 0.3) is 0 Å². The summed E-state index contributed by atoms with van der Waals surface area (Å²) in [5.74, 6) is -0.686. The minimum Gasteiger partial charge on any atom is -0.387 e. The molecular weight excluding hydrogens is 300 g/mol. The highest BCUT2D eigenvalue weighted by Gasteiger charge is 2.48. The minimum atomic E-state index is -2.19. The van der Waals surface area contributed by atoms with Crippen LogP contribution in [-0.4, -0.2) is 27.2 Å². The lowest BCUT2D eigenvalue weighted by Gasteiger charge is -2.42. The molecule has 0 heterocycles. The van der Waals surface area contributed by atoms with E-state index in [1.165, 1.54) is 37.7 Å². The van der Waals surface area contributed by atoms with E-state index in [-0.39, 0.29) is 5.57 Å². The summed E-state index contributed by atoms with van der Waals surface area (Å²) in [6.45, 7) is 8.60. The molecule has 3 saturated carbocycles. The summed E-state index contributed by atoms with van der Waals surface area (Å²) >= 11 is 0. The van der Waals surface area contributed by atoms with Crippen LogP contribution in [0.5, 0.6) is 0 Å². The fourth-order valence-electron chi connectivity index (χ4n) is 5.49. The topological polar surface area (TPSA) is 60.7 Å². The molecule has 0 saturated heterocycles. The second-order valence-corrected chi connectivity index (χ2v) is 8.29. The third kappa shape index (κ3) is 2.81. The zero-order chi connectivity index (χ0) is 17.5. The fraction of sp³-hybridized carbons (Fsp3) is 0.714. The summed E-state index contributed by atoms with van der Waals surface area (Å²) in [6.07, 6.45) is 11.7. The van der Waals surface area contributed by atoms with Crippen molar-refractivity contribution in [2.45, 2.75) is 77.1 Å². The molecule has 3 rings (SSSR count). The fourth-order valence-corrected chi connectivity index (χ4v) is 5.49. The molecule has 0 aromatic heterocycles. The van der Waals surface area contributed by atoms with Gasteiger partial charge in [-0.3, -0.25) is 0 Å². The molecule has 0 aliphatic heterocycles. The number of rotatable bonds is 2. The van der Waals surface area contributed by atoms with Gasteiger partial charge in [0.1, 0.15) is 6.10 Å². The molecule has 0 amide bonds. The van der Waals surface area contributed by atoms with Crippen molar-refractivity contribution in [1.82, 2.24) is 0 Å². The number of aliphatic hydroxyl groups is 3. The van der Waals surface area contributed by atoms with Gasteiger partial charge < -0.3 is 15.3 Å². The Labute approximate surface area is 145 Å². The molecule has 3 heteroatoms. The normalized spacial score (nSPS) is 42.5. The molecule has 3 aliphatic carbocycles. The lowest BCUT2D eigenvalue weighted by molar-refractivity contribution is -0.201. The Hall–Kier alpha value is -0.900. The van der Waals surface area contributed by atoms with Gasteiger partial charge in [0.2, 0.25) is 5.79 Å². The standard InChI is InChI=1S/C21H32O3/c1-4-17-10-11-18-16(6-5-13-20(17,18)3)8-7-15-9-12-19(22)21(23,24)14(15)2/h7-8,17-19,22-24H,2,4-6,9-13H2,1,3H3/b15-7-,16-8+/t17-,18-,19?,20+/m0/s1. The highest BCUT2D eigenvalue weighted by molar-refractivity contribution is 5.40. The van der Waals surface area contributed by atoms with E-state index in [9.17, 15) is 15.3 Å². The highest BCUT2D eigenvalue weighted by Crippen LogP contribution is 2.58. The molecule has 3 fully saturated rings. The number of fused-ring (bicyclic) bond motifs is 1. The zero-order valence-corrected chi connectivity index (χ0v) is 15.1. The number of aliphatic hydroxyl groups excluding tert-OH is 1. The van der Waals surface area contributed by atoms with Crippen molar-refractivity contribution in [3.8, 4) is 0 Å². The van der Waals surface area contributed by atoms with Gasteiger partial charge in [-0.15, -0.1) is 0 Å². The Morgan fingerprint density at radius 2 is 1.92 bits per heavy atom. The van der Waals surface area contributed by atoms with Crippen molar-refractivity contribution in [1.29, 1.82) is 0 Å². The predicted octanol–water partition coefficient (Wildman–Crippen LogP) is 3.86. The van der Waals surface area contributed by atoms with Crippen molar-refractivity contribution in [2.75, 3.05) is 0 Å². The largest absolute Gasteiger partial charge is 0.387 e. The summed E-state index contributed by atoms with van der Waals surface area (Å²) < 4.78 is 0. The lowest BCUT2D eigenvalue weighted by atomic mass is 9.63. The van der Waals surface area contributed by atoms with Gasteiger partial charge >= 0.3 is 0 Å². The second kappa shape index (κ2) is 6.44. The maximum Gasteiger partial charge on any atom is 0.216 e. The van der Waals surface area contributed by atoms with Crippen molar-refractivity contribution in [3.05, 3.63) is 35.5 Å². The molecule has 1 unspecified atom stereocenters. The molecule has 0 aromatic rings. The average molecular weight is 332 g/mol. The molecular formula is C21H32O3. The minimum absolute atomic E-state index is 0.245. The van der Waals surface area contributed by atoms with Crippen molar-refractivity contribution in [3.63, 3.8) is 0 Å². The summed E-state index contributed by atoms with van der Waals surface area (Å²) in [5.41, 5.74) is 3.06. The van der Waals surface area contributed by atoms with Gasteiger partial charge in [0.25, 0.3) is 0 Å². The molecule has 3 N–H and O–H groups in total. The van der Waals surface area contributed by atoms with Crippen LogP contribution >= 0.6 is 0 Å². The van der Waals surface area contributed by atoms with E-state index < -0.39 is 11.9 Å². The smallest absolute Gasteiger partial charge is 0.216 e. The third-order valence-electron chi connectivity index (χ3n) is 7.14. The van der Waals surface area contributed by atoms with E-state index in [0.717, 1.165) is 17.9 Å². The molecule has 3 aliphatic rings. The molecule has 24 heavy (non-hydrogen) atoms. The van der Waals surface area contributed by atoms with E-state index in [2.05, 4.69) is 26.5 Å². The van der Waals surface area contributed by atoms with Gasteiger partial charge in [0.05, 0.1) is 0 Å². The Bertz CT molecular complexity index is 572. The zero-order valence-electron chi connectivity index (χ0n) is 15.1. The molecule has 4 atom stereocenters. The van der Waals surface area contributed by atoms with Gasteiger partial charge in [0, 0.05) is 5.57 Å². The first kappa shape index (κ1) is 17.9. The van der Waals surface area contributed by atoms with Crippen LogP contribution in [-0.2, 0) is 0 Å². The van der Waals surface area contributed by atoms with Crippen LogP contribution in [0.1, 0.15) is 65.2 Å². The van der Waals surface area contributed by atoms with E-state index in [0.29, 0.717) is 24.2 Å². The summed E-state index contributed by atoms with van der Waals surface area (Å²) in [5, 5.41) is 29.8. The van der Waals surface area contributed by atoms with Crippen LogP contribution in [0.15, 0.2) is 35.5 Å². The predicted molar refractivity (Wildman–Crippen MR) is 96.2 cm³/mol. The maximum atomic E-state index is 10.0. The highest BCUT2D eigenvalue weighted by atomic mass is 16.5. The SMILES string of the molecule is C=C1/C(=C\C=C2/CCC[C@]3(C)[C@@H](CC)CC[C@@H]23)CCC(O)C1(O)O. The number of hydrogen-bond donors (Lipinski definition) is 3. The third-order valence-corrected chi connectivity index (χ3v) is 7.14. The van der Waals surface area contributed by atoms with Crippen LogP contribution < -0.4 is 0 Å². The van der Waals surface area contributed by atoms with Gasteiger partial charge in [0.15, 0.2) is 0 Å². The number of hydrogen-bond acceptors (Lipinski definition) is 3. The summed E-state index contributed by atoms with van der Waals surface area (Å²) in [7, 11) is 0. The van der Waals surface area contributed by atoms with Crippen LogP contribution in [0.4, 0.5) is 0 Å². The van der Waals surface area contributed by atoms with E-state index in [4.69, 9.17) is 0 Å². The summed E-state index contributed by atoms with van der Waals surface area (Å²) in [6, 6.07) is 0.